The molecule has 0 amide bonds. The Kier molecular flexibility index (Phi) is 5.25. The molecule has 6 heteroatoms. The van der Waals surface area contributed by atoms with Gasteiger partial charge < -0.3 is 14.2 Å². The first-order valence-electron chi connectivity index (χ1n) is 9.61. The molecule has 0 saturated heterocycles. The highest BCUT2D eigenvalue weighted by molar-refractivity contribution is 6.00. The number of ether oxygens (including phenoxy) is 3. The van der Waals surface area contributed by atoms with E-state index in [9.17, 15) is 4.79 Å². The van der Waals surface area contributed by atoms with Crippen molar-refractivity contribution >= 4 is 5.78 Å². The normalized spacial score (nSPS) is 15.7. The minimum absolute atomic E-state index is 0.0984. The Morgan fingerprint density at radius 1 is 1.03 bits per heavy atom. The number of rotatable bonds is 6. The lowest BCUT2D eigenvalue weighted by Gasteiger charge is -2.22. The van der Waals surface area contributed by atoms with Crippen molar-refractivity contribution in [2.24, 2.45) is 5.92 Å². The first kappa shape index (κ1) is 19.1. The number of methoxy groups -OCH3 is 3. The number of carbonyl (C=O) groups is 1. The van der Waals surface area contributed by atoms with E-state index in [1.54, 1.807) is 27.5 Å². The number of para-hydroxylation sites is 1. The molecular weight excluding hydrogens is 368 g/mol. The summed E-state index contributed by atoms with van der Waals surface area (Å²) >= 11 is 0. The Labute approximate surface area is 170 Å². The lowest BCUT2D eigenvalue weighted by molar-refractivity contribution is 0.0900. The first-order chi connectivity index (χ1) is 14.2. The quantitative estimate of drug-likeness (QED) is 0.637. The maximum absolute atomic E-state index is 13.2. The monoisotopic (exact) mass is 392 g/mol. The fourth-order valence-electron chi connectivity index (χ4n) is 4.01. The van der Waals surface area contributed by atoms with Crippen LogP contribution in [-0.2, 0) is 12.8 Å². The van der Waals surface area contributed by atoms with Crippen LogP contribution >= 0.6 is 0 Å². The summed E-state index contributed by atoms with van der Waals surface area (Å²) in [6, 6.07) is 13.7. The number of hydrogen-bond acceptors (Lipinski definition) is 5. The minimum Gasteiger partial charge on any atom is -0.493 e. The van der Waals surface area contributed by atoms with Crippen LogP contribution in [0.2, 0.25) is 0 Å². The minimum atomic E-state index is -0.0984. The summed E-state index contributed by atoms with van der Waals surface area (Å²) in [4.78, 5) is 13.2. The second kappa shape index (κ2) is 7.99. The molecule has 1 aliphatic carbocycles. The topological polar surface area (TPSA) is 62.6 Å². The van der Waals surface area contributed by atoms with E-state index in [0.29, 0.717) is 23.7 Å². The molecular formula is C23H24N2O4. The lowest BCUT2D eigenvalue weighted by Crippen LogP contribution is -2.25. The van der Waals surface area contributed by atoms with Crippen molar-refractivity contribution in [3.63, 3.8) is 0 Å². The molecule has 0 bridgehead atoms. The average Bonchev–Trinajstić information content (AvgIpc) is 3.20. The maximum Gasteiger partial charge on any atom is 0.203 e. The highest BCUT2D eigenvalue weighted by atomic mass is 16.5. The van der Waals surface area contributed by atoms with E-state index < -0.39 is 0 Å². The summed E-state index contributed by atoms with van der Waals surface area (Å²) in [6.45, 7) is 0. The second-order valence-corrected chi connectivity index (χ2v) is 7.09. The summed E-state index contributed by atoms with van der Waals surface area (Å²) in [6.07, 6.45) is 3.91. The van der Waals surface area contributed by atoms with Crippen LogP contribution in [0, 0.1) is 5.92 Å². The zero-order valence-electron chi connectivity index (χ0n) is 16.8. The number of fused-ring (bicyclic) bond motifs is 1. The summed E-state index contributed by atoms with van der Waals surface area (Å²) in [7, 11) is 4.77. The van der Waals surface area contributed by atoms with Crippen LogP contribution in [0.25, 0.3) is 5.69 Å². The van der Waals surface area contributed by atoms with Crippen LogP contribution in [0.4, 0.5) is 0 Å². The van der Waals surface area contributed by atoms with Gasteiger partial charge in [-0.3, -0.25) is 4.79 Å². The summed E-state index contributed by atoms with van der Waals surface area (Å²) < 4.78 is 18.1. The molecule has 0 aliphatic heterocycles. The predicted octanol–water partition coefficient (Wildman–Crippen LogP) is 3.89. The zero-order chi connectivity index (χ0) is 20.4. The molecule has 0 spiro atoms. The fourth-order valence-corrected chi connectivity index (χ4v) is 4.01. The van der Waals surface area contributed by atoms with Crippen molar-refractivity contribution in [3.05, 3.63) is 65.5 Å². The summed E-state index contributed by atoms with van der Waals surface area (Å²) in [5, 5.41) is 4.48. The molecule has 29 heavy (non-hydrogen) atoms. The largest absolute Gasteiger partial charge is 0.493 e. The molecule has 0 N–H and O–H groups in total. The van der Waals surface area contributed by atoms with E-state index in [0.717, 1.165) is 35.3 Å². The number of Topliss-reactive ketones (excluding diaryl/α,β-unsaturated/α-hetero) is 1. The van der Waals surface area contributed by atoms with Gasteiger partial charge in [-0.1, -0.05) is 18.2 Å². The molecule has 150 valence electrons. The Hall–Kier alpha value is -3.28. The van der Waals surface area contributed by atoms with E-state index in [1.165, 1.54) is 0 Å². The van der Waals surface area contributed by atoms with Crippen LogP contribution in [-0.4, -0.2) is 36.9 Å². The molecule has 1 unspecified atom stereocenters. The Morgan fingerprint density at radius 2 is 1.72 bits per heavy atom. The predicted molar refractivity (Wildman–Crippen MR) is 110 cm³/mol. The van der Waals surface area contributed by atoms with Gasteiger partial charge in [0.05, 0.1) is 44.5 Å². The molecule has 1 heterocycles. The van der Waals surface area contributed by atoms with Gasteiger partial charge in [0.2, 0.25) is 5.75 Å². The fraction of sp³-hybridized carbons (Fsp3) is 0.304. The standard InChI is InChI=1S/C23H24N2O4/c1-27-20-12-15(13-21(28-2)23(20)29-3)11-16-9-10-19-18(22(16)26)14-24-25(19)17-7-5-4-6-8-17/h4-8,12-14,16H,9-11H2,1-3H3. The van der Waals surface area contributed by atoms with Gasteiger partial charge in [-0.25, -0.2) is 4.68 Å². The molecule has 4 rings (SSSR count). The molecule has 2 aromatic carbocycles. The molecule has 1 aliphatic rings. The van der Waals surface area contributed by atoms with Crippen LogP contribution in [0.5, 0.6) is 17.2 Å². The van der Waals surface area contributed by atoms with Crippen molar-refractivity contribution < 1.29 is 19.0 Å². The van der Waals surface area contributed by atoms with Crippen LogP contribution in [0.1, 0.15) is 28.0 Å². The molecule has 3 aromatic rings. The van der Waals surface area contributed by atoms with E-state index in [4.69, 9.17) is 14.2 Å². The Morgan fingerprint density at radius 3 is 2.34 bits per heavy atom. The van der Waals surface area contributed by atoms with Crippen molar-refractivity contribution in [1.29, 1.82) is 0 Å². The van der Waals surface area contributed by atoms with Crippen molar-refractivity contribution in [1.82, 2.24) is 9.78 Å². The van der Waals surface area contributed by atoms with Gasteiger partial charge in [0, 0.05) is 5.92 Å². The van der Waals surface area contributed by atoms with Gasteiger partial charge in [0.1, 0.15) is 0 Å². The van der Waals surface area contributed by atoms with Gasteiger partial charge in [0.15, 0.2) is 17.3 Å². The average molecular weight is 392 g/mol. The molecule has 1 aromatic heterocycles. The van der Waals surface area contributed by atoms with Crippen LogP contribution < -0.4 is 14.2 Å². The van der Waals surface area contributed by atoms with Gasteiger partial charge in [-0.15, -0.1) is 0 Å². The maximum atomic E-state index is 13.2. The van der Waals surface area contributed by atoms with Crippen molar-refractivity contribution in [2.75, 3.05) is 21.3 Å². The highest BCUT2D eigenvalue weighted by Gasteiger charge is 2.31. The SMILES string of the molecule is COc1cc(CC2CCc3c(cnn3-c3ccccc3)C2=O)cc(OC)c1OC. The van der Waals surface area contributed by atoms with Gasteiger partial charge >= 0.3 is 0 Å². The van der Waals surface area contributed by atoms with Gasteiger partial charge in [-0.05, 0) is 49.1 Å². The van der Waals surface area contributed by atoms with Gasteiger partial charge in [0.25, 0.3) is 0 Å². The van der Waals surface area contributed by atoms with E-state index in [2.05, 4.69) is 5.10 Å². The van der Waals surface area contributed by atoms with E-state index in [-0.39, 0.29) is 11.7 Å². The number of hydrogen-bond donors (Lipinski definition) is 0. The third kappa shape index (κ3) is 3.46. The van der Waals surface area contributed by atoms with Crippen molar-refractivity contribution in [3.8, 4) is 22.9 Å². The molecule has 0 radical (unpaired) electrons. The summed E-state index contributed by atoms with van der Waals surface area (Å²) in [5.41, 5.74) is 3.67. The number of ketones is 1. The number of benzene rings is 2. The smallest absolute Gasteiger partial charge is 0.203 e. The third-order valence-electron chi connectivity index (χ3n) is 5.44. The van der Waals surface area contributed by atoms with Crippen LogP contribution in [0.3, 0.4) is 0 Å². The molecule has 1 atom stereocenters. The second-order valence-electron chi connectivity index (χ2n) is 7.09. The Bertz CT molecular complexity index is 1000. The number of carbonyl (C=O) groups excluding carboxylic acids is 1. The lowest BCUT2D eigenvalue weighted by atomic mass is 9.82. The first-order valence-corrected chi connectivity index (χ1v) is 9.61. The Balaban J connectivity index is 1.60. The number of aromatic nitrogens is 2. The van der Waals surface area contributed by atoms with Crippen LogP contribution in [0.15, 0.2) is 48.7 Å². The molecule has 6 nitrogen and oxygen atoms in total. The molecule has 0 fully saturated rings. The van der Waals surface area contributed by atoms with Gasteiger partial charge in [-0.2, -0.15) is 5.10 Å². The highest BCUT2D eigenvalue weighted by Crippen LogP contribution is 2.39. The molecule has 0 saturated carbocycles. The van der Waals surface area contributed by atoms with Crippen molar-refractivity contribution in [2.45, 2.75) is 19.3 Å². The van der Waals surface area contributed by atoms with E-state index >= 15 is 0 Å². The number of nitrogens with zero attached hydrogens (tertiary/aromatic N) is 2. The van der Waals surface area contributed by atoms with E-state index in [1.807, 2.05) is 47.1 Å². The zero-order valence-corrected chi connectivity index (χ0v) is 16.8. The summed E-state index contributed by atoms with van der Waals surface area (Å²) in [5.74, 6) is 1.80. The third-order valence-corrected chi connectivity index (χ3v) is 5.44.